The summed E-state index contributed by atoms with van der Waals surface area (Å²) in [4.78, 5) is 19.5. The van der Waals surface area contributed by atoms with Gasteiger partial charge in [0.05, 0.1) is 11.6 Å². The van der Waals surface area contributed by atoms with Crippen LogP contribution in [0.15, 0.2) is 46.3 Å². The Labute approximate surface area is 189 Å². The number of aromatic nitrogens is 3. The fourth-order valence-corrected chi connectivity index (χ4v) is 4.60. The van der Waals surface area contributed by atoms with Gasteiger partial charge >= 0.3 is 6.18 Å². The fourth-order valence-electron chi connectivity index (χ4n) is 4.60. The summed E-state index contributed by atoms with van der Waals surface area (Å²) < 4.78 is 42.0. The second kappa shape index (κ2) is 9.38. The Balaban J connectivity index is 1.68. The van der Waals surface area contributed by atoms with E-state index in [1.165, 1.54) is 12.1 Å². The molecule has 1 saturated carbocycles. The Hall–Kier alpha value is -3.14. The minimum absolute atomic E-state index is 0.0867. The summed E-state index contributed by atoms with van der Waals surface area (Å²) in [6.45, 7) is 1.83. The molecule has 33 heavy (non-hydrogen) atoms. The van der Waals surface area contributed by atoms with Crippen molar-refractivity contribution in [3.05, 3.63) is 52.4 Å². The molecule has 7 nitrogen and oxygen atoms in total. The predicted molar refractivity (Wildman–Crippen MR) is 123 cm³/mol. The lowest BCUT2D eigenvalue weighted by Crippen LogP contribution is -2.33. The number of rotatable bonds is 7. The van der Waals surface area contributed by atoms with Crippen LogP contribution in [0.2, 0.25) is 0 Å². The predicted octanol–water partition coefficient (Wildman–Crippen LogP) is 4.72. The van der Waals surface area contributed by atoms with E-state index in [9.17, 15) is 18.0 Å². The molecule has 10 heteroatoms. The number of alkyl halides is 3. The first-order valence-corrected chi connectivity index (χ1v) is 11.0. The van der Waals surface area contributed by atoms with E-state index in [2.05, 4.69) is 20.6 Å². The van der Waals surface area contributed by atoms with E-state index in [1.807, 2.05) is 17.0 Å². The topological polar surface area (TPSA) is 87.1 Å². The smallest absolute Gasteiger partial charge is 0.338 e. The Morgan fingerprint density at radius 2 is 2.03 bits per heavy atom. The first kappa shape index (κ1) is 23.0. The van der Waals surface area contributed by atoms with Crippen molar-refractivity contribution >= 4 is 28.6 Å². The van der Waals surface area contributed by atoms with Crippen LogP contribution in [0.4, 0.5) is 24.7 Å². The van der Waals surface area contributed by atoms with Crippen LogP contribution in [0.5, 0.6) is 0 Å². The second-order valence-corrected chi connectivity index (χ2v) is 8.21. The molecule has 2 aromatic heterocycles. The van der Waals surface area contributed by atoms with Gasteiger partial charge in [-0.25, -0.2) is 0 Å². The van der Waals surface area contributed by atoms with Crippen LogP contribution >= 0.6 is 0 Å². The van der Waals surface area contributed by atoms with Crippen LogP contribution in [-0.4, -0.2) is 40.7 Å². The minimum atomic E-state index is -4.40. The molecule has 1 fully saturated rings. The number of aliphatic imine (C=N–C) groups is 1. The number of benzene rings is 1. The Morgan fingerprint density at radius 3 is 2.70 bits per heavy atom. The third kappa shape index (κ3) is 4.66. The standard InChI is InChI=1S/C23H27F3N6O/c1-3-28-20(23(24,25)26)14-7-9-16(10-8-14)30-21-19-18(11-12-29-22(19)33)32(31-21)17-6-4-5-15(17)13-27-2/h7-13,15,17,20,28H,3-6H2,1-2H3,(H,29,33)(H,30,31)/t15-,17+,20?/m1/s1. The van der Waals surface area contributed by atoms with Gasteiger partial charge in [0.1, 0.15) is 11.4 Å². The number of fused-ring (bicyclic) bond motifs is 1. The van der Waals surface area contributed by atoms with Crippen LogP contribution in [0.1, 0.15) is 43.8 Å². The average molecular weight is 461 g/mol. The number of aromatic amines is 1. The zero-order valence-electron chi connectivity index (χ0n) is 18.5. The maximum absolute atomic E-state index is 13.4. The van der Waals surface area contributed by atoms with Gasteiger partial charge in [0.2, 0.25) is 0 Å². The molecule has 3 N–H and O–H groups in total. The number of nitrogens with one attached hydrogen (secondary N) is 3. The second-order valence-electron chi connectivity index (χ2n) is 8.21. The van der Waals surface area contributed by atoms with E-state index < -0.39 is 12.2 Å². The van der Waals surface area contributed by atoms with Crippen molar-refractivity contribution in [3.63, 3.8) is 0 Å². The number of pyridine rings is 1. The molecule has 1 aliphatic carbocycles. The molecule has 0 spiro atoms. The normalized spacial score (nSPS) is 20.0. The number of H-pyrrole nitrogens is 1. The maximum atomic E-state index is 13.4. The molecule has 1 aromatic carbocycles. The summed E-state index contributed by atoms with van der Waals surface area (Å²) in [7, 11) is 1.75. The molecule has 176 valence electrons. The lowest BCUT2D eigenvalue weighted by molar-refractivity contribution is -0.157. The van der Waals surface area contributed by atoms with Gasteiger partial charge in [-0.2, -0.15) is 18.3 Å². The zero-order chi connectivity index (χ0) is 23.6. The van der Waals surface area contributed by atoms with Crippen molar-refractivity contribution in [2.75, 3.05) is 18.9 Å². The molecule has 0 amide bonds. The minimum Gasteiger partial charge on any atom is -0.338 e. The van der Waals surface area contributed by atoms with Gasteiger partial charge < -0.3 is 20.6 Å². The Bertz CT molecular complexity index is 1180. The van der Waals surface area contributed by atoms with Gasteiger partial charge in [-0.15, -0.1) is 0 Å². The van der Waals surface area contributed by atoms with Gasteiger partial charge in [0.15, 0.2) is 5.82 Å². The van der Waals surface area contributed by atoms with E-state index in [0.717, 1.165) is 19.3 Å². The van der Waals surface area contributed by atoms with Gasteiger partial charge in [-0.1, -0.05) is 25.5 Å². The van der Waals surface area contributed by atoms with E-state index in [0.29, 0.717) is 22.4 Å². The van der Waals surface area contributed by atoms with Crippen molar-refractivity contribution in [1.29, 1.82) is 0 Å². The molecule has 3 aromatic rings. The molecule has 4 rings (SSSR count). The van der Waals surface area contributed by atoms with Crippen LogP contribution < -0.4 is 16.2 Å². The third-order valence-electron chi connectivity index (χ3n) is 6.06. The zero-order valence-corrected chi connectivity index (χ0v) is 18.5. The molecular formula is C23H27F3N6O. The highest BCUT2D eigenvalue weighted by molar-refractivity contribution is 5.91. The number of hydrogen-bond acceptors (Lipinski definition) is 5. The Morgan fingerprint density at radius 1 is 1.27 bits per heavy atom. The number of hydrogen-bond donors (Lipinski definition) is 3. The van der Waals surface area contributed by atoms with Gasteiger partial charge in [-0.3, -0.25) is 9.48 Å². The first-order valence-electron chi connectivity index (χ1n) is 11.0. The largest absolute Gasteiger partial charge is 0.407 e. The fraction of sp³-hybridized carbons (Fsp3) is 0.435. The summed E-state index contributed by atoms with van der Waals surface area (Å²) in [5.41, 5.74) is 1.10. The van der Waals surface area contributed by atoms with Crippen molar-refractivity contribution in [1.82, 2.24) is 20.1 Å². The van der Waals surface area contributed by atoms with Crippen molar-refractivity contribution in [2.24, 2.45) is 10.9 Å². The van der Waals surface area contributed by atoms with Crippen molar-refractivity contribution in [2.45, 2.75) is 44.4 Å². The lowest BCUT2D eigenvalue weighted by atomic mass is 10.1. The highest BCUT2D eigenvalue weighted by Gasteiger charge is 2.40. The van der Waals surface area contributed by atoms with E-state index in [4.69, 9.17) is 5.10 Å². The molecule has 2 heterocycles. The van der Waals surface area contributed by atoms with Crippen LogP contribution in [0, 0.1) is 5.92 Å². The first-order chi connectivity index (χ1) is 15.8. The summed E-state index contributed by atoms with van der Waals surface area (Å²) in [6.07, 6.45) is 2.11. The number of halogens is 3. The molecule has 1 unspecified atom stereocenters. The summed E-state index contributed by atoms with van der Waals surface area (Å²) in [5.74, 6) is 0.604. The highest BCUT2D eigenvalue weighted by Crippen LogP contribution is 2.38. The molecular weight excluding hydrogens is 433 g/mol. The van der Waals surface area contributed by atoms with Gasteiger partial charge in [-0.05, 0) is 43.1 Å². The van der Waals surface area contributed by atoms with E-state index in [1.54, 1.807) is 32.3 Å². The molecule has 3 atom stereocenters. The highest BCUT2D eigenvalue weighted by atomic mass is 19.4. The quantitative estimate of drug-likeness (QED) is 0.445. The van der Waals surface area contributed by atoms with Crippen LogP contribution in [0.25, 0.3) is 10.9 Å². The average Bonchev–Trinajstić information content (AvgIpc) is 3.37. The SMILES string of the molecule is CCNC(c1ccc(Nc2nn([C@H]3CCC[C@@H]3C=NC)c3cc[nH]c(=O)c23)cc1)C(F)(F)F. The molecule has 0 radical (unpaired) electrons. The number of nitrogens with zero attached hydrogens (tertiary/aromatic N) is 3. The van der Waals surface area contributed by atoms with Crippen LogP contribution in [-0.2, 0) is 0 Å². The van der Waals surface area contributed by atoms with Gasteiger partial charge in [0, 0.05) is 31.1 Å². The molecule has 0 bridgehead atoms. The summed E-state index contributed by atoms with van der Waals surface area (Å²) in [6, 6.07) is 6.16. The van der Waals surface area contributed by atoms with E-state index >= 15 is 0 Å². The third-order valence-corrected chi connectivity index (χ3v) is 6.06. The lowest BCUT2D eigenvalue weighted by Gasteiger charge is -2.21. The van der Waals surface area contributed by atoms with Gasteiger partial charge in [0.25, 0.3) is 5.56 Å². The van der Waals surface area contributed by atoms with Crippen molar-refractivity contribution < 1.29 is 13.2 Å². The van der Waals surface area contributed by atoms with Crippen molar-refractivity contribution in [3.8, 4) is 0 Å². The Kier molecular flexibility index (Phi) is 6.55. The number of anilines is 2. The summed E-state index contributed by atoms with van der Waals surface area (Å²) >= 11 is 0. The maximum Gasteiger partial charge on any atom is 0.407 e. The molecule has 0 saturated heterocycles. The van der Waals surface area contributed by atoms with Crippen LogP contribution in [0.3, 0.4) is 0 Å². The van der Waals surface area contributed by atoms with E-state index in [-0.39, 0.29) is 29.6 Å². The molecule has 1 aliphatic rings. The summed E-state index contributed by atoms with van der Waals surface area (Å²) in [5, 5.41) is 10.7. The monoisotopic (exact) mass is 460 g/mol. The molecule has 0 aliphatic heterocycles.